The molecule has 0 fully saturated rings. The minimum Gasteiger partial charge on any atom is -0.368 e. The van der Waals surface area contributed by atoms with Gasteiger partial charge < -0.3 is 10.3 Å². The Bertz CT molecular complexity index is 566. The zero-order valence-electron chi connectivity index (χ0n) is 11.6. The van der Waals surface area contributed by atoms with Crippen molar-refractivity contribution in [1.29, 1.82) is 0 Å². The van der Waals surface area contributed by atoms with Crippen molar-refractivity contribution in [2.24, 2.45) is 5.84 Å². The SMILES string of the molecule is Cc1ccc(N(C)Cc2cc(NN)ccn2)c(C)c1. The molecule has 2 rings (SSSR count). The number of anilines is 2. The van der Waals surface area contributed by atoms with Gasteiger partial charge in [-0.05, 0) is 37.6 Å². The maximum Gasteiger partial charge on any atom is 0.0617 e. The number of aryl methyl sites for hydroxylation is 2. The molecule has 0 unspecified atom stereocenters. The maximum absolute atomic E-state index is 5.41. The zero-order chi connectivity index (χ0) is 13.8. The molecule has 2 aromatic rings. The minimum absolute atomic E-state index is 0.749. The van der Waals surface area contributed by atoms with E-state index in [1.54, 1.807) is 6.20 Å². The van der Waals surface area contributed by atoms with Gasteiger partial charge in [0.25, 0.3) is 0 Å². The highest BCUT2D eigenvalue weighted by Gasteiger charge is 2.06. The van der Waals surface area contributed by atoms with Gasteiger partial charge in [-0.1, -0.05) is 17.7 Å². The number of hydrazine groups is 1. The lowest BCUT2D eigenvalue weighted by Gasteiger charge is -2.21. The summed E-state index contributed by atoms with van der Waals surface area (Å²) in [5.74, 6) is 5.41. The van der Waals surface area contributed by atoms with Gasteiger partial charge in [0.2, 0.25) is 0 Å². The zero-order valence-corrected chi connectivity index (χ0v) is 11.6. The number of nitrogen functional groups attached to an aromatic ring is 1. The fourth-order valence-corrected chi connectivity index (χ4v) is 2.22. The third-order valence-electron chi connectivity index (χ3n) is 3.15. The Hall–Kier alpha value is -2.07. The lowest BCUT2D eigenvalue weighted by atomic mass is 10.1. The van der Waals surface area contributed by atoms with Crippen molar-refractivity contribution < 1.29 is 0 Å². The average molecular weight is 256 g/mol. The average Bonchev–Trinajstić information content (AvgIpc) is 2.38. The van der Waals surface area contributed by atoms with Crippen LogP contribution in [-0.2, 0) is 6.54 Å². The van der Waals surface area contributed by atoms with Crippen molar-refractivity contribution in [3.05, 3.63) is 53.3 Å². The Kier molecular flexibility index (Phi) is 4.02. The van der Waals surface area contributed by atoms with Crippen molar-refractivity contribution >= 4 is 11.4 Å². The van der Waals surface area contributed by atoms with Crippen LogP contribution in [0.3, 0.4) is 0 Å². The third kappa shape index (κ3) is 3.23. The number of aromatic nitrogens is 1. The van der Waals surface area contributed by atoms with Crippen molar-refractivity contribution in [3.63, 3.8) is 0 Å². The van der Waals surface area contributed by atoms with Gasteiger partial charge >= 0.3 is 0 Å². The predicted molar refractivity (Wildman–Crippen MR) is 80.1 cm³/mol. The summed E-state index contributed by atoms with van der Waals surface area (Å²) < 4.78 is 0. The molecule has 100 valence electrons. The molecule has 0 saturated heterocycles. The van der Waals surface area contributed by atoms with Gasteiger partial charge in [-0.2, -0.15) is 0 Å². The fraction of sp³-hybridized carbons (Fsp3) is 0.267. The summed E-state index contributed by atoms with van der Waals surface area (Å²) in [4.78, 5) is 6.55. The molecular formula is C15H20N4. The van der Waals surface area contributed by atoms with E-state index in [-0.39, 0.29) is 0 Å². The van der Waals surface area contributed by atoms with Gasteiger partial charge in [0.05, 0.1) is 17.9 Å². The van der Waals surface area contributed by atoms with Gasteiger partial charge in [-0.3, -0.25) is 10.8 Å². The topological polar surface area (TPSA) is 54.2 Å². The highest BCUT2D eigenvalue weighted by Crippen LogP contribution is 2.21. The van der Waals surface area contributed by atoms with Gasteiger partial charge in [-0.25, -0.2) is 0 Å². The van der Waals surface area contributed by atoms with Gasteiger partial charge in [0.15, 0.2) is 0 Å². The van der Waals surface area contributed by atoms with E-state index in [1.165, 1.54) is 16.8 Å². The van der Waals surface area contributed by atoms with E-state index in [9.17, 15) is 0 Å². The van der Waals surface area contributed by atoms with Gasteiger partial charge in [-0.15, -0.1) is 0 Å². The van der Waals surface area contributed by atoms with Crippen LogP contribution in [0.25, 0.3) is 0 Å². The molecule has 0 aliphatic carbocycles. The summed E-state index contributed by atoms with van der Waals surface area (Å²) >= 11 is 0. The van der Waals surface area contributed by atoms with E-state index in [1.807, 2.05) is 12.1 Å². The number of nitrogens with zero attached hydrogens (tertiary/aromatic N) is 2. The van der Waals surface area contributed by atoms with Crippen LogP contribution in [0.5, 0.6) is 0 Å². The summed E-state index contributed by atoms with van der Waals surface area (Å²) in [6, 6.07) is 10.3. The fourth-order valence-electron chi connectivity index (χ4n) is 2.22. The first-order valence-corrected chi connectivity index (χ1v) is 6.30. The molecule has 0 saturated carbocycles. The molecule has 4 heteroatoms. The van der Waals surface area contributed by atoms with Crippen molar-refractivity contribution in [3.8, 4) is 0 Å². The maximum atomic E-state index is 5.41. The van der Waals surface area contributed by atoms with Gasteiger partial charge in [0, 0.05) is 18.9 Å². The molecule has 0 atom stereocenters. The predicted octanol–water partition coefficient (Wildman–Crippen LogP) is 2.62. The highest BCUT2D eigenvalue weighted by molar-refractivity contribution is 5.54. The Labute approximate surface area is 114 Å². The van der Waals surface area contributed by atoms with Crippen LogP contribution < -0.4 is 16.2 Å². The number of rotatable bonds is 4. The first-order chi connectivity index (χ1) is 9.10. The molecule has 1 heterocycles. The monoisotopic (exact) mass is 256 g/mol. The van der Waals surface area contributed by atoms with Crippen LogP contribution in [0, 0.1) is 13.8 Å². The van der Waals surface area contributed by atoms with Crippen LogP contribution in [0.15, 0.2) is 36.5 Å². The van der Waals surface area contributed by atoms with Gasteiger partial charge in [0.1, 0.15) is 0 Å². The minimum atomic E-state index is 0.749. The molecule has 0 aliphatic heterocycles. The second-order valence-electron chi connectivity index (χ2n) is 4.83. The van der Waals surface area contributed by atoms with Crippen molar-refractivity contribution in [1.82, 2.24) is 4.98 Å². The van der Waals surface area contributed by atoms with Crippen LogP contribution in [-0.4, -0.2) is 12.0 Å². The summed E-state index contributed by atoms with van der Waals surface area (Å²) in [5, 5.41) is 0. The third-order valence-corrected chi connectivity index (χ3v) is 3.15. The first-order valence-electron chi connectivity index (χ1n) is 6.30. The molecule has 4 nitrogen and oxygen atoms in total. The summed E-state index contributed by atoms with van der Waals surface area (Å²) in [7, 11) is 2.07. The van der Waals surface area contributed by atoms with Crippen LogP contribution in [0.2, 0.25) is 0 Å². The molecule has 3 N–H and O–H groups in total. The molecule has 0 aliphatic rings. The Morgan fingerprint density at radius 1 is 1.21 bits per heavy atom. The first kappa shape index (κ1) is 13.4. The van der Waals surface area contributed by atoms with E-state index in [4.69, 9.17) is 5.84 Å². The highest BCUT2D eigenvalue weighted by atomic mass is 15.2. The smallest absolute Gasteiger partial charge is 0.0617 e. The quantitative estimate of drug-likeness (QED) is 0.652. The lowest BCUT2D eigenvalue weighted by Crippen LogP contribution is -2.18. The molecule has 1 aromatic carbocycles. The van der Waals surface area contributed by atoms with Crippen molar-refractivity contribution in [2.45, 2.75) is 20.4 Å². The molecule has 0 bridgehead atoms. The molecule has 19 heavy (non-hydrogen) atoms. The number of hydrogen-bond donors (Lipinski definition) is 2. The number of nitrogens with one attached hydrogen (secondary N) is 1. The molecule has 0 spiro atoms. The number of pyridine rings is 1. The van der Waals surface area contributed by atoms with E-state index >= 15 is 0 Å². The summed E-state index contributed by atoms with van der Waals surface area (Å²) in [6.45, 7) is 4.98. The number of hydrogen-bond acceptors (Lipinski definition) is 4. The normalized spacial score (nSPS) is 10.3. The molecular weight excluding hydrogens is 236 g/mol. The Morgan fingerprint density at radius 2 is 2.00 bits per heavy atom. The van der Waals surface area contributed by atoms with E-state index < -0.39 is 0 Å². The second-order valence-corrected chi connectivity index (χ2v) is 4.83. The molecule has 0 radical (unpaired) electrons. The van der Waals surface area contributed by atoms with Crippen LogP contribution >= 0.6 is 0 Å². The summed E-state index contributed by atoms with van der Waals surface area (Å²) in [6.07, 6.45) is 1.76. The second kappa shape index (κ2) is 5.71. The largest absolute Gasteiger partial charge is 0.368 e. The molecule has 0 amide bonds. The van der Waals surface area contributed by atoms with Crippen LogP contribution in [0.4, 0.5) is 11.4 Å². The standard InChI is InChI=1S/C15H20N4/c1-11-4-5-15(12(2)8-11)19(3)10-14-9-13(18-16)6-7-17-14/h4-9H,10,16H2,1-3H3,(H,17,18). The number of benzene rings is 1. The van der Waals surface area contributed by atoms with E-state index in [0.717, 1.165) is 17.9 Å². The summed E-state index contributed by atoms with van der Waals surface area (Å²) in [5.41, 5.74) is 8.27. The molecule has 1 aromatic heterocycles. The van der Waals surface area contributed by atoms with E-state index in [0.29, 0.717) is 0 Å². The lowest BCUT2D eigenvalue weighted by molar-refractivity contribution is 0.880. The Balaban J connectivity index is 2.17. The van der Waals surface area contributed by atoms with E-state index in [2.05, 4.69) is 54.4 Å². The van der Waals surface area contributed by atoms with Crippen LogP contribution in [0.1, 0.15) is 16.8 Å². The van der Waals surface area contributed by atoms with Crippen molar-refractivity contribution in [2.75, 3.05) is 17.4 Å². The Morgan fingerprint density at radius 3 is 2.68 bits per heavy atom. The number of nitrogens with two attached hydrogens (primary N) is 1.